The zero-order valence-corrected chi connectivity index (χ0v) is 21.4. The third kappa shape index (κ3) is 5.47. The Labute approximate surface area is 219 Å². The predicted molar refractivity (Wildman–Crippen MR) is 141 cm³/mol. The molecule has 4 heterocycles. The van der Waals surface area contributed by atoms with Gasteiger partial charge in [-0.15, -0.1) is 0 Å². The van der Waals surface area contributed by atoms with Crippen molar-refractivity contribution in [2.24, 2.45) is 0 Å². The minimum atomic E-state index is -0.840. The third-order valence-corrected chi connectivity index (χ3v) is 7.18. The molecule has 4 N–H and O–H groups in total. The van der Waals surface area contributed by atoms with Gasteiger partial charge < -0.3 is 25.7 Å². The van der Waals surface area contributed by atoms with E-state index < -0.39 is 23.8 Å². The summed E-state index contributed by atoms with van der Waals surface area (Å²) in [4.78, 5) is 14.7. The largest absolute Gasteiger partial charge is 0.389 e. The zero-order chi connectivity index (χ0) is 27.0. The maximum Gasteiger partial charge on any atom is 0.224 e. The van der Waals surface area contributed by atoms with Crippen LogP contribution < -0.4 is 15.5 Å². The fourth-order valence-electron chi connectivity index (χ4n) is 5.02. The van der Waals surface area contributed by atoms with Crippen LogP contribution in [0.2, 0.25) is 0 Å². The van der Waals surface area contributed by atoms with E-state index in [0.29, 0.717) is 30.4 Å². The number of nitrogen functional groups attached to an aromatic ring is 1. The number of hydrogen-bond donors (Lipinski definition) is 3. The first-order valence-corrected chi connectivity index (χ1v) is 12.6. The minimum Gasteiger partial charge on any atom is -0.389 e. The summed E-state index contributed by atoms with van der Waals surface area (Å²) in [5, 5.41) is 24.3. The van der Waals surface area contributed by atoms with Crippen LogP contribution >= 0.6 is 0 Å². The van der Waals surface area contributed by atoms with Gasteiger partial charge in [0, 0.05) is 68.7 Å². The summed E-state index contributed by atoms with van der Waals surface area (Å²) in [7, 11) is 0. The molecular weight excluding hydrogens is 494 g/mol. The predicted octanol–water partition coefficient (Wildman–Crippen LogP) is 1.60. The fourth-order valence-corrected chi connectivity index (χ4v) is 5.02. The quantitative estimate of drug-likeness (QED) is 0.440. The van der Waals surface area contributed by atoms with Crippen LogP contribution in [0.5, 0.6) is 0 Å². The Balaban J connectivity index is 1.24. The maximum atomic E-state index is 13.6. The molecule has 0 saturated carbocycles. The van der Waals surface area contributed by atoms with E-state index in [-0.39, 0.29) is 25.1 Å². The first-order chi connectivity index (χ1) is 18.2. The molecule has 0 aliphatic carbocycles. The molecule has 202 valence electrons. The Hall–Kier alpha value is -3.61. The van der Waals surface area contributed by atoms with Crippen molar-refractivity contribution < 1.29 is 19.0 Å². The van der Waals surface area contributed by atoms with Gasteiger partial charge in [-0.3, -0.25) is 4.90 Å². The molecule has 0 amide bonds. The summed E-state index contributed by atoms with van der Waals surface area (Å²) >= 11 is 0. The SMILES string of the molecule is Cc1c(/C=C/CN2CCN(c3cc(F)cc(F)c3)C[C@@H]2C)cnn1-c1cc(N2C[C@H](O)[C@@H](O)C2)nc(N)n1. The van der Waals surface area contributed by atoms with Gasteiger partial charge >= 0.3 is 0 Å². The van der Waals surface area contributed by atoms with E-state index in [4.69, 9.17) is 5.73 Å². The summed E-state index contributed by atoms with van der Waals surface area (Å²) < 4.78 is 29.0. The Morgan fingerprint density at radius 2 is 1.66 bits per heavy atom. The van der Waals surface area contributed by atoms with Crippen LogP contribution in [0, 0.1) is 18.6 Å². The van der Waals surface area contributed by atoms with Gasteiger partial charge in [-0.05, 0) is 26.0 Å². The second kappa shape index (κ2) is 10.6. The molecule has 38 heavy (non-hydrogen) atoms. The van der Waals surface area contributed by atoms with E-state index in [1.165, 1.54) is 12.1 Å². The van der Waals surface area contributed by atoms with Gasteiger partial charge in [0.1, 0.15) is 17.5 Å². The molecule has 1 aromatic carbocycles. The molecule has 10 nitrogen and oxygen atoms in total. The Morgan fingerprint density at radius 1 is 0.974 bits per heavy atom. The summed E-state index contributed by atoms with van der Waals surface area (Å²) in [6, 6.07) is 5.57. The van der Waals surface area contributed by atoms with Crippen LogP contribution in [0.3, 0.4) is 0 Å². The van der Waals surface area contributed by atoms with Crippen LogP contribution in [-0.4, -0.2) is 92.4 Å². The molecule has 0 spiro atoms. The molecule has 0 unspecified atom stereocenters. The number of nitrogens with two attached hydrogens (primary N) is 1. The van der Waals surface area contributed by atoms with Gasteiger partial charge in [0.15, 0.2) is 5.82 Å². The monoisotopic (exact) mass is 526 g/mol. The summed E-state index contributed by atoms with van der Waals surface area (Å²) in [6.07, 6.45) is 4.17. The van der Waals surface area contributed by atoms with Gasteiger partial charge in [0.05, 0.1) is 24.1 Å². The molecule has 2 saturated heterocycles. The topological polar surface area (TPSA) is 120 Å². The molecule has 0 bridgehead atoms. The second-order valence-corrected chi connectivity index (χ2v) is 9.90. The highest BCUT2D eigenvalue weighted by molar-refractivity contribution is 5.54. The molecule has 3 aromatic rings. The standard InChI is InChI=1S/C26H32F2N8O2/c1-16-13-34(21-9-19(27)8-20(28)10-21)7-6-33(16)5-3-4-18-12-30-36(17(18)2)25-11-24(31-26(29)32-25)35-14-22(37)23(38)15-35/h3-4,8-12,16,22-23,37-38H,5-7,13-15H2,1-2H3,(H2,29,31,32)/b4-3+/t16-,22-,23-/m0/s1. The first kappa shape index (κ1) is 26.0. The summed E-state index contributed by atoms with van der Waals surface area (Å²) in [6.45, 7) is 7.41. The Kier molecular flexibility index (Phi) is 7.28. The number of aromatic nitrogens is 4. The number of anilines is 3. The van der Waals surface area contributed by atoms with E-state index in [2.05, 4.69) is 33.0 Å². The Morgan fingerprint density at radius 3 is 2.34 bits per heavy atom. The van der Waals surface area contributed by atoms with E-state index in [9.17, 15) is 19.0 Å². The summed E-state index contributed by atoms with van der Waals surface area (Å²) in [5.41, 5.74) is 8.32. The van der Waals surface area contributed by atoms with Gasteiger partial charge in [-0.1, -0.05) is 12.2 Å². The molecule has 2 aromatic heterocycles. The minimum absolute atomic E-state index is 0.0782. The summed E-state index contributed by atoms with van der Waals surface area (Å²) in [5.74, 6) is -0.0374. The highest BCUT2D eigenvalue weighted by Gasteiger charge is 2.31. The number of aliphatic hydroxyl groups is 2. The number of hydrogen-bond acceptors (Lipinski definition) is 9. The number of piperazine rings is 1. The molecule has 5 rings (SSSR count). The van der Waals surface area contributed by atoms with Crippen molar-refractivity contribution in [2.75, 3.05) is 54.8 Å². The molecule has 2 aliphatic rings. The van der Waals surface area contributed by atoms with E-state index in [1.54, 1.807) is 21.8 Å². The van der Waals surface area contributed by atoms with Crippen molar-refractivity contribution in [1.29, 1.82) is 0 Å². The lowest BCUT2D eigenvalue weighted by Crippen LogP contribution is -2.51. The first-order valence-electron chi connectivity index (χ1n) is 12.6. The van der Waals surface area contributed by atoms with Crippen LogP contribution in [-0.2, 0) is 0 Å². The number of nitrogens with zero attached hydrogens (tertiary/aromatic N) is 7. The highest BCUT2D eigenvalue weighted by atomic mass is 19.1. The van der Waals surface area contributed by atoms with Crippen molar-refractivity contribution in [2.45, 2.75) is 32.1 Å². The molecule has 0 radical (unpaired) electrons. The van der Waals surface area contributed by atoms with E-state index in [0.717, 1.165) is 30.4 Å². The van der Waals surface area contributed by atoms with Crippen LogP contribution in [0.15, 0.2) is 36.5 Å². The molecular formula is C26H32F2N8O2. The van der Waals surface area contributed by atoms with Crippen molar-refractivity contribution >= 4 is 23.5 Å². The van der Waals surface area contributed by atoms with Gasteiger partial charge in [-0.2, -0.15) is 15.1 Å². The smallest absolute Gasteiger partial charge is 0.224 e. The number of aliphatic hydroxyl groups excluding tert-OH is 2. The molecule has 2 aliphatic heterocycles. The number of halogens is 2. The van der Waals surface area contributed by atoms with Crippen LogP contribution in [0.4, 0.5) is 26.2 Å². The van der Waals surface area contributed by atoms with Crippen molar-refractivity contribution in [3.8, 4) is 5.82 Å². The molecule has 12 heteroatoms. The lowest BCUT2D eigenvalue weighted by molar-refractivity contribution is 0.0572. The molecule has 3 atom stereocenters. The molecule has 2 fully saturated rings. The van der Waals surface area contributed by atoms with Crippen molar-refractivity contribution in [3.63, 3.8) is 0 Å². The average molecular weight is 527 g/mol. The average Bonchev–Trinajstić information content (AvgIpc) is 3.40. The van der Waals surface area contributed by atoms with E-state index >= 15 is 0 Å². The number of β-amino-alcohol motifs (C(OH)–C–C–N with tert-alkyl or cyclic N) is 2. The van der Waals surface area contributed by atoms with Crippen molar-refractivity contribution in [1.82, 2.24) is 24.6 Å². The second-order valence-electron chi connectivity index (χ2n) is 9.90. The number of rotatable bonds is 6. The van der Waals surface area contributed by atoms with Crippen LogP contribution in [0.1, 0.15) is 18.2 Å². The van der Waals surface area contributed by atoms with Gasteiger partial charge in [-0.25, -0.2) is 13.5 Å². The maximum absolute atomic E-state index is 13.6. The third-order valence-electron chi connectivity index (χ3n) is 7.18. The van der Waals surface area contributed by atoms with Gasteiger partial charge in [0.25, 0.3) is 0 Å². The normalized spacial score (nSPS) is 22.6. The van der Waals surface area contributed by atoms with E-state index in [1.807, 2.05) is 17.9 Å². The lowest BCUT2D eigenvalue weighted by atomic mass is 10.1. The lowest BCUT2D eigenvalue weighted by Gasteiger charge is -2.40. The zero-order valence-electron chi connectivity index (χ0n) is 21.4. The van der Waals surface area contributed by atoms with Crippen molar-refractivity contribution in [3.05, 3.63) is 59.4 Å². The van der Waals surface area contributed by atoms with Crippen LogP contribution in [0.25, 0.3) is 11.9 Å². The Bertz CT molecular complexity index is 1300. The highest BCUT2D eigenvalue weighted by Crippen LogP contribution is 2.24. The number of benzene rings is 1. The fraction of sp³-hybridized carbons (Fsp3) is 0.423. The van der Waals surface area contributed by atoms with Gasteiger partial charge in [0.2, 0.25) is 5.95 Å².